The molecular formula is C25H30N2OS2. The molecule has 0 aliphatic heterocycles. The van der Waals surface area contributed by atoms with Crippen LogP contribution in [0.2, 0.25) is 0 Å². The average Bonchev–Trinajstić information content (AvgIpc) is 3.06. The predicted octanol–water partition coefficient (Wildman–Crippen LogP) is 6.33. The minimum atomic E-state index is 0.111. The molecule has 1 aromatic carbocycles. The van der Waals surface area contributed by atoms with Gasteiger partial charge in [0.2, 0.25) is 0 Å². The van der Waals surface area contributed by atoms with Gasteiger partial charge in [-0.25, -0.2) is 4.98 Å². The molecule has 4 rings (SSSR count). The molecule has 2 aromatic heterocycles. The topological polar surface area (TPSA) is 34.9 Å². The fourth-order valence-electron chi connectivity index (χ4n) is 4.18. The first kappa shape index (κ1) is 21.4. The van der Waals surface area contributed by atoms with Crippen molar-refractivity contribution in [3.63, 3.8) is 0 Å². The minimum Gasteiger partial charge on any atom is -0.283 e. The number of hydrogen-bond acceptors (Lipinski definition) is 4. The van der Waals surface area contributed by atoms with Crippen molar-refractivity contribution in [3.8, 4) is 0 Å². The molecular weight excluding hydrogens is 408 g/mol. The van der Waals surface area contributed by atoms with Gasteiger partial charge in [0.15, 0.2) is 5.16 Å². The molecule has 1 atom stereocenters. The van der Waals surface area contributed by atoms with Crippen molar-refractivity contribution in [3.05, 3.63) is 68.8 Å². The van der Waals surface area contributed by atoms with E-state index in [4.69, 9.17) is 4.98 Å². The Hall–Kier alpha value is -1.85. The van der Waals surface area contributed by atoms with Crippen LogP contribution in [0, 0.1) is 11.3 Å². The monoisotopic (exact) mass is 438 g/mol. The van der Waals surface area contributed by atoms with Crippen LogP contribution in [0.5, 0.6) is 0 Å². The number of aromatic nitrogens is 2. The SMILES string of the molecule is C=C(C)CSc1nc2sc3c(c2c(=O)n1Cc1ccccc1)CCC(C(C)(C)C)C3. The fourth-order valence-corrected chi connectivity index (χ4v) is 6.36. The van der Waals surface area contributed by atoms with Crippen LogP contribution in [0.15, 0.2) is 52.4 Å². The molecule has 1 aliphatic carbocycles. The largest absolute Gasteiger partial charge is 0.283 e. The van der Waals surface area contributed by atoms with E-state index >= 15 is 0 Å². The van der Waals surface area contributed by atoms with Crippen LogP contribution in [0.25, 0.3) is 10.2 Å². The van der Waals surface area contributed by atoms with Crippen LogP contribution in [0.4, 0.5) is 0 Å². The van der Waals surface area contributed by atoms with Gasteiger partial charge < -0.3 is 0 Å². The van der Waals surface area contributed by atoms with Crippen LogP contribution in [-0.4, -0.2) is 15.3 Å². The Kier molecular flexibility index (Phi) is 5.95. The predicted molar refractivity (Wildman–Crippen MR) is 130 cm³/mol. The van der Waals surface area contributed by atoms with Gasteiger partial charge in [-0.05, 0) is 48.6 Å². The molecule has 0 radical (unpaired) electrons. The Morgan fingerprint density at radius 3 is 2.70 bits per heavy atom. The molecule has 0 amide bonds. The first-order valence-corrected chi connectivity index (χ1v) is 12.4. The summed E-state index contributed by atoms with van der Waals surface area (Å²) < 4.78 is 1.87. The number of thiophene rings is 1. The summed E-state index contributed by atoms with van der Waals surface area (Å²) in [6.45, 7) is 13.6. The number of thioether (sulfide) groups is 1. The van der Waals surface area contributed by atoms with Crippen molar-refractivity contribution in [2.24, 2.45) is 11.3 Å². The summed E-state index contributed by atoms with van der Waals surface area (Å²) in [5.74, 6) is 1.42. The normalized spacial score (nSPS) is 16.6. The lowest BCUT2D eigenvalue weighted by atomic mass is 9.72. The Bertz CT molecular complexity index is 1140. The number of rotatable bonds is 5. The maximum Gasteiger partial charge on any atom is 0.263 e. The standard InChI is InChI=1S/C25H30N2OS2/c1-16(2)15-29-24-26-22-21(23(28)27(24)14-17-9-7-6-8-10-17)19-12-11-18(25(3,4)5)13-20(19)30-22/h6-10,18H,1,11-15H2,2-5H3. The molecule has 0 fully saturated rings. The van der Waals surface area contributed by atoms with Gasteiger partial charge in [-0.1, -0.05) is 75.0 Å². The van der Waals surface area contributed by atoms with E-state index in [0.29, 0.717) is 12.5 Å². The molecule has 0 N–H and O–H groups in total. The zero-order valence-electron chi connectivity index (χ0n) is 18.3. The molecule has 2 heterocycles. The maximum atomic E-state index is 13.7. The second kappa shape index (κ2) is 8.35. The summed E-state index contributed by atoms with van der Waals surface area (Å²) in [5.41, 5.74) is 3.86. The molecule has 0 spiro atoms. The van der Waals surface area contributed by atoms with E-state index in [1.54, 1.807) is 23.1 Å². The molecule has 30 heavy (non-hydrogen) atoms. The van der Waals surface area contributed by atoms with Crippen molar-refractivity contribution in [2.75, 3.05) is 5.75 Å². The van der Waals surface area contributed by atoms with Gasteiger partial charge in [0.25, 0.3) is 5.56 Å². The van der Waals surface area contributed by atoms with Crippen LogP contribution in [0.1, 0.15) is 50.1 Å². The molecule has 0 saturated carbocycles. The third-order valence-electron chi connectivity index (χ3n) is 5.99. The second-order valence-corrected chi connectivity index (χ2v) is 11.5. The maximum absolute atomic E-state index is 13.7. The summed E-state index contributed by atoms with van der Waals surface area (Å²) in [7, 11) is 0. The molecule has 1 unspecified atom stereocenters. The molecule has 0 saturated heterocycles. The van der Waals surface area contributed by atoms with E-state index in [1.165, 1.54) is 10.4 Å². The van der Waals surface area contributed by atoms with Crippen LogP contribution < -0.4 is 5.56 Å². The first-order chi connectivity index (χ1) is 14.2. The van der Waals surface area contributed by atoms with Crippen molar-refractivity contribution in [1.29, 1.82) is 0 Å². The Morgan fingerprint density at radius 1 is 1.30 bits per heavy atom. The van der Waals surface area contributed by atoms with Gasteiger partial charge in [0.05, 0.1) is 11.9 Å². The highest BCUT2D eigenvalue weighted by atomic mass is 32.2. The molecule has 3 aromatic rings. The summed E-state index contributed by atoms with van der Waals surface area (Å²) in [4.78, 5) is 21.0. The van der Waals surface area contributed by atoms with Gasteiger partial charge in [-0.3, -0.25) is 9.36 Å². The number of nitrogens with zero attached hydrogens (tertiary/aromatic N) is 2. The zero-order chi connectivity index (χ0) is 21.5. The summed E-state index contributed by atoms with van der Waals surface area (Å²) in [5, 5.41) is 1.66. The highest BCUT2D eigenvalue weighted by Gasteiger charge is 2.32. The third kappa shape index (κ3) is 4.28. The second-order valence-electron chi connectivity index (χ2n) is 9.51. The molecule has 1 aliphatic rings. The zero-order valence-corrected chi connectivity index (χ0v) is 20.0. The highest BCUT2D eigenvalue weighted by Crippen LogP contribution is 2.42. The lowest BCUT2D eigenvalue weighted by Gasteiger charge is -2.33. The van der Waals surface area contributed by atoms with Crippen LogP contribution in [0.3, 0.4) is 0 Å². The van der Waals surface area contributed by atoms with Gasteiger partial charge in [-0.2, -0.15) is 0 Å². The number of aryl methyl sites for hydroxylation is 1. The smallest absolute Gasteiger partial charge is 0.263 e. The fraction of sp³-hybridized carbons (Fsp3) is 0.440. The molecule has 0 bridgehead atoms. The lowest BCUT2D eigenvalue weighted by Crippen LogP contribution is -2.27. The number of benzene rings is 1. The van der Waals surface area contributed by atoms with E-state index in [2.05, 4.69) is 39.5 Å². The van der Waals surface area contributed by atoms with E-state index in [9.17, 15) is 4.79 Å². The lowest BCUT2D eigenvalue weighted by molar-refractivity contribution is 0.218. The average molecular weight is 439 g/mol. The van der Waals surface area contributed by atoms with Crippen LogP contribution >= 0.6 is 23.1 Å². The van der Waals surface area contributed by atoms with Crippen molar-refractivity contribution in [1.82, 2.24) is 9.55 Å². The van der Waals surface area contributed by atoms with Gasteiger partial charge >= 0.3 is 0 Å². The summed E-state index contributed by atoms with van der Waals surface area (Å²) >= 11 is 3.35. The molecule has 158 valence electrons. The van der Waals surface area contributed by atoms with E-state index in [0.717, 1.165) is 51.5 Å². The van der Waals surface area contributed by atoms with E-state index in [-0.39, 0.29) is 11.0 Å². The number of hydrogen-bond donors (Lipinski definition) is 0. The van der Waals surface area contributed by atoms with E-state index in [1.807, 2.05) is 29.7 Å². The quantitative estimate of drug-likeness (QED) is 0.265. The number of fused-ring (bicyclic) bond motifs is 3. The summed E-state index contributed by atoms with van der Waals surface area (Å²) in [6.07, 6.45) is 3.19. The Labute approximate surface area is 187 Å². The highest BCUT2D eigenvalue weighted by molar-refractivity contribution is 7.99. The third-order valence-corrected chi connectivity index (χ3v) is 8.34. The van der Waals surface area contributed by atoms with Crippen molar-refractivity contribution in [2.45, 2.75) is 58.7 Å². The van der Waals surface area contributed by atoms with Gasteiger partial charge in [0, 0.05) is 10.6 Å². The summed E-state index contributed by atoms with van der Waals surface area (Å²) in [6, 6.07) is 10.2. The van der Waals surface area contributed by atoms with Gasteiger partial charge in [0.1, 0.15) is 4.83 Å². The molecule has 5 heteroatoms. The Morgan fingerprint density at radius 2 is 2.03 bits per heavy atom. The van der Waals surface area contributed by atoms with Gasteiger partial charge in [-0.15, -0.1) is 11.3 Å². The van der Waals surface area contributed by atoms with Crippen molar-refractivity contribution >= 4 is 33.3 Å². The Balaban J connectivity index is 1.82. The van der Waals surface area contributed by atoms with E-state index < -0.39 is 0 Å². The van der Waals surface area contributed by atoms with Crippen molar-refractivity contribution < 1.29 is 0 Å². The van der Waals surface area contributed by atoms with Crippen LogP contribution in [-0.2, 0) is 19.4 Å². The first-order valence-electron chi connectivity index (χ1n) is 10.6. The minimum absolute atomic E-state index is 0.111. The molecule has 3 nitrogen and oxygen atoms in total.